The number of carbonyl (C=O) groups is 1. The SMILES string of the molecule is CCNC(=O)Nc1c(F)cccc1Br. The van der Waals surface area contributed by atoms with E-state index in [0.29, 0.717) is 11.0 Å². The van der Waals surface area contributed by atoms with Gasteiger partial charge in [-0.1, -0.05) is 6.07 Å². The molecule has 0 aliphatic rings. The maximum absolute atomic E-state index is 13.2. The van der Waals surface area contributed by atoms with E-state index in [0.717, 1.165) is 0 Å². The van der Waals surface area contributed by atoms with Gasteiger partial charge in [-0.15, -0.1) is 0 Å². The highest BCUT2D eigenvalue weighted by molar-refractivity contribution is 9.10. The molecule has 5 heteroatoms. The largest absolute Gasteiger partial charge is 0.338 e. The third kappa shape index (κ3) is 2.70. The van der Waals surface area contributed by atoms with Crippen molar-refractivity contribution in [2.45, 2.75) is 6.92 Å². The first-order chi connectivity index (χ1) is 6.65. The summed E-state index contributed by atoms with van der Waals surface area (Å²) < 4.78 is 13.7. The van der Waals surface area contributed by atoms with Crippen molar-refractivity contribution in [1.29, 1.82) is 0 Å². The predicted octanol–water partition coefficient (Wildman–Crippen LogP) is 2.73. The summed E-state index contributed by atoms with van der Waals surface area (Å²) in [6.07, 6.45) is 0. The lowest BCUT2D eigenvalue weighted by Gasteiger charge is -2.08. The number of hydrogen-bond acceptors (Lipinski definition) is 1. The van der Waals surface area contributed by atoms with Gasteiger partial charge in [0.2, 0.25) is 0 Å². The van der Waals surface area contributed by atoms with Gasteiger partial charge in [0.25, 0.3) is 0 Å². The Morgan fingerprint density at radius 1 is 1.57 bits per heavy atom. The fourth-order valence-corrected chi connectivity index (χ4v) is 1.38. The van der Waals surface area contributed by atoms with Crippen LogP contribution in [0.25, 0.3) is 0 Å². The molecule has 0 aliphatic carbocycles. The molecule has 0 saturated heterocycles. The molecule has 0 heterocycles. The zero-order valence-electron chi connectivity index (χ0n) is 7.60. The minimum absolute atomic E-state index is 0.151. The summed E-state index contributed by atoms with van der Waals surface area (Å²) in [5, 5.41) is 4.92. The van der Waals surface area contributed by atoms with Gasteiger partial charge in [-0.3, -0.25) is 0 Å². The van der Waals surface area contributed by atoms with E-state index in [1.807, 2.05) is 0 Å². The minimum Gasteiger partial charge on any atom is -0.338 e. The number of halogens is 2. The molecule has 0 aliphatic heterocycles. The first-order valence-electron chi connectivity index (χ1n) is 4.14. The standard InChI is InChI=1S/C9H10BrFN2O/c1-2-12-9(14)13-8-6(10)4-3-5-7(8)11/h3-5H,2H2,1H3,(H2,12,13,14). The first kappa shape index (κ1) is 11.0. The second-order valence-corrected chi connectivity index (χ2v) is 3.44. The van der Waals surface area contributed by atoms with Crippen LogP contribution < -0.4 is 10.6 Å². The van der Waals surface area contributed by atoms with Gasteiger partial charge < -0.3 is 10.6 Å². The Labute approximate surface area is 89.8 Å². The Bertz CT molecular complexity index is 323. The minimum atomic E-state index is -0.467. The predicted molar refractivity (Wildman–Crippen MR) is 56.8 cm³/mol. The molecule has 0 saturated carbocycles. The Balaban J connectivity index is 2.80. The van der Waals surface area contributed by atoms with Crippen LogP contribution in [0.4, 0.5) is 14.9 Å². The molecule has 1 aromatic carbocycles. The zero-order valence-corrected chi connectivity index (χ0v) is 9.19. The van der Waals surface area contributed by atoms with Gasteiger partial charge in [0.15, 0.2) is 0 Å². The van der Waals surface area contributed by atoms with Crippen LogP contribution in [0.2, 0.25) is 0 Å². The number of urea groups is 1. The number of anilines is 1. The first-order valence-corrected chi connectivity index (χ1v) is 4.93. The summed E-state index contributed by atoms with van der Waals surface area (Å²) in [6, 6.07) is 4.08. The summed E-state index contributed by atoms with van der Waals surface area (Å²) >= 11 is 3.14. The van der Waals surface area contributed by atoms with Crippen LogP contribution in [0.5, 0.6) is 0 Å². The molecule has 1 aromatic rings. The van der Waals surface area contributed by atoms with Crippen LogP contribution in [0.3, 0.4) is 0 Å². The number of amides is 2. The summed E-state index contributed by atoms with van der Waals surface area (Å²) in [5.41, 5.74) is 0.151. The number of nitrogens with one attached hydrogen (secondary N) is 2. The van der Waals surface area contributed by atoms with Crippen molar-refractivity contribution in [2.24, 2.45) is 0 Å². The van der Waals surface area contributed by atoms with Crippen LogP contribution in [0.1, 0.15) is 6.92 Å². The van der Waals surface area contributed by atoms with Crippen molar-refractivity contribution >= 4 is 27.6 Å². The van der Waals surface area contributed by atoms with Gasteiger partial charge in [0.1, 0.15) is 5.82 Å². The van der Waals surface area contributed by atoms with Crippen LogP contribution in [0, 0.1) is 5.82 Å². The van der Waals surface area contributed by atoms with E-state index in [4.69, 9.17) is 0 Å². The van der Waals surface area contributed by atoms with Gasteiger partial charge in [0.05, 0.1) is 5.69 Å². The van der Waals surface area contributed by atoms with E-state index in [-0.39, 0.29) is 5.69 Å². The Hall–Kier alpha value is -1.10. The lowest BCUT2D eigenvalue weighted by molar-refractivity contribution is 0.252. The number of benzene rings is 1. The lowest BCUT2D eigenvalue weighted by Crippen LogP contribution is -2.28. The fraction of sp³-hybridized carbons (Fsp3) is 0.222. The topological polar surface area (TPSA) is 41.1 Å². The Kier molecular flexibility index (Phi) is 3.88. The summed E-state index contributed by atoms with van der Waals surface area (Å²) in [4.78, 5) is 11.1. The second kappa shape index (κ2) is 4.95. The molecule has 3 nitrogen and oxygen atoms in total. The van der Waals surface area contributed by atoms with Gasteiger partial charge in [-0.25, -0.2) is 9.18 Å². The van der Waals surface area contributed by atoms with E-state index in [1.165, 1.54) is 6.07 Å². The average molecular weight is 261 g/mol. The molecule has 2 N–H and O–H groups in total. The monoisotopic (exact) mass is 260 g/mol. The molecule has 0 aromatic heterocycles. The van der Waals surface area contributed by atoms with Crippen molar-refractivity contribution in [3.63, 3.8) is 0 Å². The summed E-state index contributed by atoms with van der Waals surface area (Å²) in [5.74, 6) is -0.467. The molecule has 0 spiro atoms. The van der Waals surface area contributed by atoms with Crippen molar-refractivity contribution in [1.82, 2.24) is 5.32 Å². The smallest absolute Gasteiger partial charge is 0.319 e. The van der Waals surface area contributed by atoms with Gasteiger partial charge >= 0.3 is 6.03 Å². The van der Waals surface area contributed by atoms with E-state index in [1.54, 1.807) is 19.1 Å². The summed E-state index contributed by atoms with van der Waals surface area (Å²) in [6.45, 7) is 2.29. The Morgan fingerprint density at radius 3 is 2.86 bits per heavy atom. The third-order valence-electron chi connectivity index (χ3n) is 1.54. The van der Waals surface area contributed by atoms with Crippen molar-refractivity contribution in [3.05, 3.63) is 28.5 Å². The van der Waals surface area contributed by atoms with E-state index < -0.39 is 11.8 Å². The quantitative estimate of drug-likeness (QED) is 0.844. The summed E-state index contributed by atoms with van der Waals surface area (Å²) in [7, 11) is 0. The third-order valence-corrected chi connectivity index (χ3v) is 2.20. The normalized spacial score (nSPS) is 9.64. The molecule has 0 radical (unpaired) electrons. The molecule has 0 atom stereocenters. The fourth-order valence-electron chi connectivity index (χ4n) is 0.936. The van der Waals surface area contributed by atoms with Crippen molar-refractivity contribution in [2.75, 3.05) is 11.9 Å². The molecular formula is C9H10BrFN2O. The number of carbonyl (C=O) groups excluding carboxylic acids is 1. The molecule has 14 heavy (non-hydrogen) atoms. The molecule has 2 amide bonds. The van der Waals surface area contributed by atoms with E-state index in [9.17, 15) is 9.18 Å². The number of para-hydroxylation sites is 1. The highest BCUT2D eigenvalue weighted by Crippen LogP contribution is 2.24. The van der Waals surface area contributed by atoms with Gasteiger partial charge in [-0.2, -0.15) is 0 Å². The van der Waals surface area contributed by atoms with Crippen LogP contribution in [0.15, 0.2) is 22.7 Å². The van der Waals surface area contributed by atoms with Crippen molar-refractivity contribution in [3.8, 4) is 0 Å². The maximum atomic E-state index is 13.2. The highest BCUT2D eigenvalue weighted by Gasteiger charge is 2.08. The van der Waals surface area contributed by atoms with Gasteiger partial charge in [-0.05, 0) is 35.0 Å². The molecule has 0 bridgehead atoms. The van der Waals surface area contributed by atoms with E-state index >= 15 is 0 Å². The molecule has 0 unspecified atom stereocenters. The average Bonchev–Trinajstić information content (AvgIpc) is 2.12. The lowest BCUT2D eigenvalue weighted by atomic mass is 10.3. The van der Waals surface area contributed by atoms with E-state index in [2.05, 4.69) is 26.6 Å². The van der Waals surface area contributed by atoms with Crippen LogP contribution in [-0.2, 0) is 0 Å². The second-order valence-electron chi connectivity index (χ2n) is 2.58. The Morgan fingerprint density at radius 2 is 2.29 bits per heavy atom. The number of hydrogen-bond donors (Lipinski definition) is 2. The molecule has 0 fully saturated rings. The van der Waals surface area contributed by atoms with Crippen LogP contribution >= 0.6 is 15.9 Å². The maximum Gasteiger partial charge on any atom is 0.319 e. The molecule has 1 rings (SSSR count). The molecule has 76 valence electrons. The molecular weight excluding hydrogens is 251 g/mol. The van der Waals surface area contributed by atoms with Gasteiger partial charge in [0, 0.05) is 11.0 Å². The zero-order chi connectivity index (χ0) is 10.6. The van der Waals surface area contributed by atoms with Crippen LogP contribution in [-0.4, -0.2) is 12.6 Å². The van der Waals surface area contributed by atoms with Crippen molar-refractivity contribution < 1.29 is 9.18 Å². The number of rotatable bonds is 2. The highest BCUT2D eigenvalue weighted by atomic mass is 79.9.